The third-order valence-electron chi connectivity index (χ3n) is 3.89. The molecule has 0 radical (unpaired) electrons. The first-order chi connectivity index (χ1) is 13.6. The highest BCUT2D eigenvalue weighted by molar-refractivity contribution is 6.04. The van der Waals surface area contributed by atoms with E-state index in [9.17, 15) is 4.79 Å². The van der Waals surface area contributed by atoms with Crippen molar-refractivity contribution in [3.63, 3.8) is 0 Å². The zero-order valence-corrected chi connectivity index (χ0v) is 15.9. The molecule has 146 valence electrons. The van der Waals surface area contributed by atoms with Gasteiger partial charge in [-0.25, -0.2) is 0 Å². The quantitative estimate of drug-likeness (QED) is 0.596. The molecule has 2 aromatic carbocycles. The second-order valence-corrected chi connectivity index (χ2v) is 5.89. The van der Waals surface area contributed by atoms with E-state index in [0.29, 0.717) is 47.7 Å². The van der Waals surface area contributed by atoms with Crippen LogP contribution in [0.15, 0.2) is 47.0 Å². The molecule has 0 spiro atoms. The summed E-state index contributed by atoms with van der Waals surface area (Å²) in [5, 5.41) is 6.61. The molecule has 28 heavy (non-hydrogen) atoms. The highest BCUT2D eigenvalue weighted by Crippen LogP contribution is 2.30. The molecule has 1 amide bonds. The number of carbonyl (C=O) groups excluding carboxylic acids is 1. The number of hydrogen-bond acceptors (Lipinski definition) is 7. The fourth-order valence-electron chi connectivity index (χ4n) is 2.48. The number of nitrogens with one attached hydrogen (secondary N) is 1. The minimum atomic E-state index is -0.249. The summed E-state index contributed by atoms with van der Waals surface area (Å²) in [7, 11) is 3.16. The van der Waals surface area contributed by atoms with E-state index in [0.717, 1.165) is 5.56 Å². The normalized spacial score (nSPS) is 10.5. The molecule has 3 rings (SSSR count). The van der Waals surface area contributed by atoms with Crippen LogP contribution in [0.1, 0.15) is 16.2 Å². The number of aryl methyl sites for hydroxylation is 1. The van der Waals surface area contributed by atoms with E-state index in [1.807, 2.05) is 0 Å². The standard InChI is InChI=1S/C20H21N3O5/c1-13-21-20(28-23-13)15-6-4-14(5-7-15)19(24)22-16-8-9-17(26-3)18(12-16)27-11-10-25-2/h4-9,12H,10-11H2,1-3H3,(H,22,24). The summed E-state index contributed by atoms with van der Waals surface area (Å²) in [4.78, 5) is 16.7. The van der Waals surface area contributed by atoms with Crippen LogP contribution in [-0.2, 0) is 4.74 Å². The van der Waals surface area contributed by atoms with E-state index < -0.39 is 0 Å². The van der Waals surface area contributed by atoms with Gasteiger partial charge in [0, 0.05) is 30.0 Å². The van der Waals surface area contributed by atoms with E-state index in [-0.39, 0.29) is 5.91 Å². The van der Waals surface area contributed by atoms with Crippen LogP contribution in [0.3, 0.4) is 0 Å². The lowest BCUT2D eigenvalue weighted by Crippen LogP contribution is -2.12. The third kappa shape index (κ3) is 4.66. The first-order valence-corrected chi connectivity index (χ1v) is 8.62. The molecule has 0 atom stereocenters. The van der Waals surface area contributed by atoms with Crippen molar-refractivity contribution in [3.05, 3.63) is 53.9 Å². The topological polar surface area (TPSA) is 95.7 Å². The maximum atomic E-state index is 12.5. The van der Waals surface area contributed by atoms with E-state index >= 15 is 0 Å². The fourth-order valence-corrected chi connectivity index (χ4v) is 2.48. The van der Waals surface area contributed by atoms with Crippen LogP contribution in [0.5, 0.6) is 11.5 Å². The third-order valence-corrected chi connectivity index (χ3v) is 3.89. The molecule has 0 aliphatic heterocycles. The summed E-state index contributed by atoms with van der Waals surface area (Å²) in [5.74, 6) is 1.83. The highest BCUT2D eigenvalue weighted by Gasteiger charge is 2.12. The molecule has 8 nitrogen and oxygen atoms in total. The van der Waals surface area contributed by atoms with Crippen molar-refractivity contribution in [1.82, 2.24) is 10.1 Å². The van der Waals surface area contributed by atoms with Gasteiger partial charge in [0.05, 0.1) is 13.7 Å². The number of anilines is 1. The molecule has 0 aliphatic rings. The molecule has 0 aliphatic carbocycles. The Balaban J connectivity index is 1.70. The second-order valence-electron chi connectivity index (χ2n) is 5.89. The second kappa shape index (κ2) is 9.01. The van der Waals surface area contributed by atoms with Gasteiger partial charge in [-0.2, -0.15) is 4.98 Å². The van der Waals surface area contributed by atoms with Gasteiger partial charge in [-0.05, 0) is 43.3 Å². The van der Waals surface area contributed by atoms with Crippen molar-refractivity contribution in [3.8, 4) is 23.0 Å². The minimum Gasteiger partial charge on any atom is -0.493 e. The number of ether oxygens (including phenoxy) is 3. The van der Waals surface area contributed by atoms with Gasteiger partial charge >= 0.3 is 0 Å². The lowest BCUT2D eigenvalue weighted by Gasteiger charge is -2.13. The van der Waals surface area contributed by atoms with Crippen LogP contribution < -0.4 is 14.8 Å². The predicted octanol–water partition coefficient (Wildman–Crippen LogP) is 3.33. The van der Waals surface area contributed by atoms with Gasteiger partial charge in [-0.1, -0.05) is 5.16 Å². The number of benzene rings is 2. The van der Waals surface area contributed by atoms with E-state index in [1.54, 1.807) is 63.6 Å². The van der Waals surface area contributed by atoms with Crippen molar-refractivity contribution in [2.24, 2.45) is 0 Å². The van der Waals surface area contributed by atoms with E-state index in [4.69, 9.17) is 18.7 Å². The van der Waals surface area contributed by atoms with Crippen LogP contribution in [0.2, 0.25) is 0 Å². The number of nitrogens with zero attached hydrogens (tertiary/aromatic N) is 2. The van der Waals surface area contributed by atoms with Crippen molar-refractivity contribution < 1.29 is 23.5 Å². The Labute approximate surface area is 162 Å². The van der Waals surface area contributed by atoms with Gasteiger partial charge in [0.1, 0.15) is 6.61 Å². The monoisotopic (exact) mass is 383 g/mol. The van der Waals surface area contributed by atoms with Crippen molar-refractivity contribution in [1.29, 1.82) is 0 Å². The summed E-state index contributed by atoms with van der Waals surface area (Å²) in [5.41, 5.74) is 1.84. The summed E-state index contributed by atoms with van der Waals surface area (Å²) in [6.07, 6.45) is 0. The number of methoxy groups -OCH3 is 2. The van der Waals surface area contributed by atoms with E-state index in [2.05, 4.69) is 15.5 Å². The fraction of sp³-hybridized carbons (Fsp3) is 0.250. The van der Waals surface area contributed by atoms with E-state index in [1.165, 1.54) is 0 Å². The van der Waals surface area contributed by atoms with Crippen molar-refractivity contribution in [2.45, 2.75) is 6.92 Å². The van der Waals surface area contributed by atoms with Crippen LogP contribution in [0.4, 0.5) is 5.69 Å². The van der Waals surface area contributed by atoms with Crippen LogP contribution in [0.25, 0.3) is 11.5 Å². The SMILES string of the molecule is COCCOc1cc(NC(=O)c2ccc(-c3nc(C)no3)cc2)ccc1OC. The lowest BCUT2D eigenvalue weighted by atomic mass is 10.1. The Morgan fingerprint density at radius 2 is 1.86 bits per heavy atom. The number of rotatable bonds is 8. The first kappa shape index (κ1) is 19.4. The van der Waals surface area contributed by atoms with Gasteiger partial charge in [0.25, 0.3) is 11.8 Å². The number of amides is 1. The number of aromatic nitrogens is 2. The van der Waals surface area contributed by atoms with Gasteiger partial charge in [-0.15, -0.1) is 0 Å². The number of carbonyl (C=O) groups is 1. The molecule has 0 saturated carbocycles. The summed E-state index contributed by atoms with van der Waals surface area (Å²) in [6.45, 7) is 2.57. The molecule has 1 heterocycles. The van der Waals surface area contributed by atoms with Crippen molar-refractivity contribution in [2.75, 3.05) is 32.8 Å². The molecule has 0 bridgehead atoms. The van der Waals surface area contributed by atoms with Crippen LogP contribution >= 0.6 is 0 Å². The summed E-state index contributed by atoms with van der Waals surface area (Å²) >= 11 is 0. The van der Waals surface area contributed by atoms with Gasteiger partial charge in [-0.3, -0.25) is 4.79 Å². The molecule has 8 heteroatoms. The smallest absolute Gasteiger partial charge is 0.257 e. The average molecular weight is 383 g/mol. The minimum absolute atomic E-state index is 0.249. The van der Waals surface area contributed by atoms with Gasteiger partial charge in [0.15, 0.2) is 17.3 Å². The summed E-state index contributed by atoms with van der Waals surface area (Å²) < 4.78 is 21.0. The lowest BCUT2D eigenvalue weighted by molar-refractivity contribution is 0.102. The Morgan fingerprint density at radius 1 is 1.07 bits per heavy atom. The zero-order valence-electron chi connectivity index (χ0n) is 15.9. The van der Waals surface area contributed by atoms with Crippen LogP contribution in [0, 0.1) is 6.92 Å². The molecule has 0 unspecified atom stereocenters. The Morgan fingerprint density at radius 3 is 2.50 bits per heavy atom. The Hall–Kier alpha value is -3.39. The zero-order chi connectivity index (χ0) is 19.9. The molecule has 1 aromatic heterocycles. The maximum Gasteiger partial charge on any atom is 0.257 e. The molecule has 0 fully saturated rings. The first-order valence-electron chi connectivity index (χ1n) is 8.62. The summed E-state index contributed by atoms with van der Waals surface area (Å²) in [6, 6.07) is 12.1. The van der Waals surface area contributed by atoms with Gasteiger partial charge < -0.3 is 24.1 Å². The highest BCUT2D eigenvalue weighted by atomic mass is 16.5. The average Bonchev–Trinajstić information content (AvgIpc) is 3.15. The molecular weight excluding hydrogens is 362 g/mol. The number of hydrogen-bond donors (Lipinski definition) is 1. The molecule has 3 aromatic rings. The Bertz CT molecular complexity index is 937. The van der Waals surface area contributed by atoms with Gasteiger partial charge in [0.2, 0.25) is 0 Å². The molecule has 0 saturated heterocycles. The van der Waals surface area contributed by atoms with Crippen LogP contribution in [-0.4, -0.2) is 43.5 Å². The maximum absolute atomic E-state index is 12.5. The molecule has 1 N–H and O–H groups in total. The largest absolute Gasteiger partial charge is 0.493 e. The molecular formula is C20H21N3O5. The Kier molecular flexibility index (Phi) is 6.23. The van der Waals surface area contributed by atoms with Crippen molar-refractivity contribution >= 4 is 11.6 Å². The predicted molar refractivity (Wildman–Crippen MR) is 103 cm³/mol.